The maximum atomic E-state index is 11.9. The van der Waals surface area contributed by atoms with E-state index in [0.717, 1.165) is 18.6 Å². The number of alkyl halides is 1. The molecule has 1 N–H and O–H groups in total. The number of carbonyl (C=O) groups excluding carboxylic acids is 1. The number of amides is 1. The molecule has 0 radical (unpaired) electrons. The molecule has 1 unspecified atom stereocenters. The van der Waals surface area contributed by atoms with Crippen molar-refractivity contribution in [1.82, 2.24) is 5.32 Å². The lowest BCUT2D eigenvalue weighted by molar-refractivity contribution is -0.122. The minimum Gasteiger partial charge on any atom is -0.350 e. The molecule has 0 aromatic carbocycles. The lowest BCUT2D eigenvalue weighted by Crippen LogP contribution is -2.47. The van der Waals surface area contributed by atoms with E-state index in [1.165, 1.54) is 12.8 Å². The first-order valence-electron chi connectivity index (χ1n) is 5.55. The maximum Gasteiger partial charge on any atom is 0.233 e. The van der Waals surface area contributed by atoms with Crippen molar-refractivity contribution in [1.29, 1.82) is 0 Å². The Hall–Kier alpha value is 0.110. The molecule has 0 aromatic rings. The van der Waals surface area contributed by atoms with Crippen molar-refractivity contribution in [2.75, 3.05) is 11.6 Å². The van der Waals surface area contributed by atoms with Gasteiger partial charge in [-0.05, 0) is 38.9 Å². The third-order valence-electron chi connectivity index (χ3n) is 2.65. The van der Waals surface area contributed by atoms with Gasteiger partial charge in [0.25, 0.3) is 0 Å². The first kappa shape index (κ1) is 13.2. The molecule has 1 atom stereocenters. The minimum atomic E-state index is -0.170. The average Bonchev–Trinajstić information content (AvgIpc) is 2.18. The molecule has 0 saturated carbocycles. The van der Waals surface area contributed by atoms with Crippen LogP contribution < -0.4 is 5.32 Å². The van der Waals surface area contributed by atoms with E-state index in [1.54, 1.807) is 11.8 Å². The van der Waals surface area contributed by atoms with Crippen LogP contribution in [0.2, 0.25) is 0 Å². The zero-order chi connectivity index (χ0) is 11.3. The van der Waals surface area contributed by atoms with Crippen LogP contribution in [-0.2, 0) is 4.79 Å². The van der Waals surface area contributed by atoms with Crippen LogP contribution in [0.3, 0.4) is 0 Å². The number of hydrogen-bond acceptors (Lipinski definition) is 2. The van der Waals surface area contributed by atoms with Gasteiger partial charge >= 0.3 is 0 Å². The molecule has 0 spiro atoms. The van der Waals surface area contributed by atoms with E-state index in [-0.39, 0.29) is 16.7 Å². The lowest BCUT2D eigenvalue weighted by atomic mass is 10.0. The summed E-state index contributed by atoms with van der Waals surface area (Å²) in [5.41, 5.74) is -0.170. The summed E-state index contributed by atoms with van der Waals surface area (Å²) in [7, 11) is 0. The summed E-state index contributed by atoms with van der Waals surface area (Å²) in [5.74, 6) is 1.90. The highest BCUT2D eigenvalue weighted by Gasteiger charge is 2.26. The smallest absolute Gasteiger partial charge is 0.233 e. The quantitative estimate of drug-likeness (QED) is 0.777. The fourth-order valence-electron chi connectivity index (χ4n) is 1.66. The van der Waals surface area contributed by atoms with Gasteiger partial charge in [-0.3, -0.25) is 4.79 Å². The van der Waals surface area contributed by atoms with Crippen LogP contribution in [0.5, 0.6) is 0 Å². The largest absolute Gasteiger partial charge is 0.350 e. The first-order chi connectivity index (χ1) is 7.05. The van der Waals surface area contributed by atoms with Crippen molar-refractivity contribution in [3.05, 3.63) is 0 Å². The molecule has 1 aliphatic heterocycles. The summed E-state index contributed by atoms with van der Waals surface area (Å²) < 4.78 is 0. The fourth-order valence-corrected chi connectivity index (χ4v) is 3.33. The number of carbonyl (C=O) groups is 1. The van der Waals surface area contributed by atoms with Gasteiger partial charge in [0.15, 0.2) is 0 Å². The third-order valence-corrected chi connectivity index (χ3v) is 4.22. The van der Waals surface area contributed by atoms with Crippen LogP contribution in [0.4, 0.5) is 0 Å². The maximum absolute atomic E-state index is 11.9. The molecular formula is C11H20ClNOS. The Bertz CT molecular complexity index is 215. The fraction of sp³-hybridized carbons (Fsp3) is 0.909. The van der Waals surface area contributed by atoms with Crippen LogP contribution >= 0.6 is 23.4 Å². The van der Waals surface area contributed by atoms with Gasteiger partial charge in [-0.2, -0.15) is 0 Å². The van der Waals surface area contributed by atoms with E-state index in [1.807, 2.05) is 13.8 Å². The molecule has 2 nitrogen and oxygen atoms in total. The summed E-state index contributed by atoms with van der Waals surface area (Å²) in [4.78, 5) is 11.9. The van der Waals surface area contributed by atoms with Crippen LogP contribution in [0.25, 0.3) is 0 Å². The summed E-state index contributed by atoms with van der Waals surface area (Å²) in [6.45, 7) is 4.06. The predicted molar refractivity (Wildman–Crippen MR) is 67.7 cm³/mol. The number of rotatable bonds is 4. The van der Waals surface area contributed by atoms with Gasteiger partial charge in [-0.25, -0.2) is 0 Å². The van der Waals surface area contributed by atoms with Gasteiger partial charge in [-0.15, -0.1) is 23.4 Å². The molecule has 1 heterocycles. The van der Waals surface area contributed by atoms with Crippen LogP contribution in [0.1, 0.15) is 39.5 Å². The standard InChI is InChI=1S/C11H20ClNOS/c1-11(2,6-7-12)13-10(14)9-5-3-4-8-15-9/h9H,3-8H2,1-2H3,(H,13,14). The van der Waals surface area contributed by atoms with Crippen molar-refractivity contribution < 1.29 is 4.79 Å². The number of hydrogen-bond donors (Lipinski definition) is 1. The number of halogens is 1. The second-order valence-corrected chi connectivity index (χ2v) is 6.36. The zero-order valence-corrected chi connectivity index (χ0v) is 11.1. The summed E-state index contributed by atoms with van der Waals surface area (Å²) in [6.07, 6.45) is 4.27. The highest BCUT2D eigenvalue weighted by Crippen LogP contribution is 2.25. The molecular weight excluding hydrogens is 230 g/mol. The zero-order valence-electron chi connectivity index (χ0n) is 9.51. The summed E-state index contributed by atoms with van der Waals surface area (Å²) in [6, 6.07) is 0. The van der Waals surface area contributed by atoms with Crippen molar-refractivity contribution >= 4 is 29.3 Å². The molecule has 1 amide bonds. The Labute approximate surface area is 102 Å². The van der Waals surface area contributed by atoms with Gasteiger partial charge in [0.1, 0.15) is 0 Å². The molecule has 1 rings (SSSR count). The lowest BCUT2D eigenvalue weighted by Gasteiger charge is -2.29. The summed E-state index contributed by atoms with van der Waals surface area (Å²) in [5, 5.41) is 3.24. The van der Waals surface area contributed by atoms with E-state index in [4.69, 9.17) is 11.6 Å². The molecule has 88 valence electrons. The average molecular weight is 250 g/mol. The molecule has 0 aromatic heterocycles. The van der Waals surface area contributed by atoms with E-state index >= 15 is 0 Å². The van der Waals surface area contributed by atoms with Crippen LogP contribution in [-0.4, -0.2) is 28.3 Å². The third kappa shape index (κ3) is 4.64. The highest BCUT2D eigenvalue weighted by molar-refractivity contribution is 8.00. The monoisotopic (exact) mass is 249 g/mol. The van der Waals surface area contributed by atoms with Gasteiger partial charge in [0.2, 0.25) is 5.91 Å². The van der Waals surface area contributed by atoms with Crippen molar-refractivity contribution in [2.45, 2.75) is 50.3 Å². The minimum absolute atomic E-state index is 0.161. The Morgan fingerprint density at radius 2 is 2.27 bits per heavy atom. The molecule has 4 heteroatoms. The molecule has 0 bridgehead atoms. The second-order valence-electron chi connectivity index (χ2n) is 4.67. The van der Waals surface area contributed by atoms with Crippen molar-refractivity contribution in [3.8, 4) is 0 Å². The molecule has 0 aliphatic carbocycles. The van der Waals surface area contributed by atoms with E-state index in [0.29, 0.717) is 5.88 Å². The highest BCUT2D eigenvalue weighted by atomic mass is 35.5. The van der Waals surface area contributed by atoms with E-state index in [9.17, 15) is 4.79 Å². The van der Waals surface area contributed by atoms with Gasteiger partial charge in [-0.1, -0.05) is 6.42 Å². The molecule has 1 aliphatic rings. The van der Waals surface area contributed by atoms with Crippen molar-refractivity contribution in [2.24, 2.45) is 0 Å². The second kappa shape index (κ2) is 6.00. The first-order valence-corrected chi connectivity index (χ1v) is 7.13. The van der Waals surface area contributed by atoms with Crippen LogP contribution in [0, 0.1) is 0 Å². The Balaban J connectivity index is 2.39. The molecule has 1 saturated heterocycles. The Morgan fingerprint density at radius 1 is 1.53 bits per heavy atom. The number of thioether (sulfide) groups is 1. The van der Waals surface area contributed by atoms with E-state index < -0.39 is 0 Å². The normalized spacial score (nSPS) is 22.5. The van der Waals surface area contributed by atoms with E-state index in [2.05, 4.69) is 5.32 Å². The van der Waals surface area contributed by atoms with Gasteiger partial charge in [0.05, 0.1) is 5.25 Å². The number of nitrogens with one attached hydrogen (secondary N) is 1. The SMILES string of the molecule is CC(C)(CCCl)NC(=O)C1CCCCS1. The van der Waals surface area contributed by atoms with Gasteiger partial charge in [0, 0.05) is 11.4 Å². The van der Waals surface area contributed by atoms with Crippen molar-refractivity contribution in [3.63, 3.8) is 0 Å². The van der Waals surface area contributed by atoms with Gasteiger partial charge < -0.3 is 5.32 Å². The molecule has 15 heavy (non-hydrogen) atoms. The Morgan fingerprint density at radius 3 is 2.80 bits per heavy atom. The predicted octanol–water partition coefficient (Wildman–Crippen LogP) is 2.80. The molecule has 1 fully saturated rings. The summed E-state index contributed by atoms with van der Waals surface area (Å²) >= 11 is 7.48. The Kier molecular flexibility index (Phi) is 5.27. The van der Waals surface area contributed by atoms with Crippen LogP contribution in [0.15, 0.2) is 0 Å². The topological polar surface area (TPSA) is 29.1 Å².